The molecule has 4 heterocycles. The van der Waals surface area contributed by atoms with Crippen LogP contribution >= 0.6 is 0 Å². The van der Waals surface area contributed by atoms with Gasteiger partial charge in [0.05, 0.1) is 23.8 Å². The number of pyridine rings is 2. The van der Waals surface area contributed by atoms with Gasteiger partial charge in [0.2, 0.25) is 0 Å². The fourth-order valence-electron chi connectivity index (χ4n) is 5.67. The van der Waals surface area contributed by atoms with Crippen molar-refractivity contribution in [3.8, 4) is 17.3 Å². The van der Waals surface area contributed by atoms with Crippen LogP contribution in [-0.4, -0.2) is 74.7 Å². The SMILES string of the molecule is Cc1cnc(NC2CCC(N[C@@H](C)COCc3nnnn3C)CC2)cc1-c1cccc(NCC2(C#N)CCOCC2)n1. The molecule has 2 aliphatic rings. The molecule has 1 atom stereocenters. The molecule has 12 heteroatoms. The Balaban J connectivity index is 1.11. The van der Waals surface area contributed by atoms with Gasteiger partial charge in [0.1, 0.15) is 18.2 Å². The molecule has 0 spiro atoms. The molecule has 1 saturated heterocycles. The summed E-state index contributed by atoms with van der Waals surface area (Å²) >= 11 is 0. The van der Waals surface area contributed by atoms with Crippen molar-refractivity contribution < 1.29 is 9.47 Å². The van der Waals surface area contributed by atoms with Crippen LogP contribution in [0.3, 0.4) is 0 Å². The summed E-state index contributed by atoms with van der Waals surface area (Å²) in [6, 6.07) is 11.7. The zero-order valence-corrected chi connectivity index (χ0v) is 24.8. The van der Waals surface area contributed by atoms with Crippen molar-refractivity contribution in [1.82, 2.24) is 35.5 Å². The van der Waals surface area contributed by atoms with Crippen LogP contribution in [0.2, 0.25) is 0 Å². The molecule has 1 saturated carbocycles. The molecular formula is C30H42N10O2. The summed E-state index contributed by atoms with van der Waals surface area (Å²) < 4.78 is 12.9. The Morgan fingerprint density at radius 1 is 1.17 bits per heavy atom. The Morgan fingerprint density at radius 3 is 2.69 bits per heavy atom. The standard InChI is InChI=1S/C30H42N10O2/c1-21-16-32-28(15-25(21)26-5-4-6-27(36-26)33-20-30(19-31)11-13-41-14-12-30)35-24-9-7-23(8-10-24)34-22(2)17-42-18-29-37-38-39-40(29)3/h4-6,15-16,22-24,34H,7-14,17-18,20H2,1-3H3,(H,32,35)(H,33,36)/t22-,23?,24?/m0/s1. The maximum absolute atomic E-state index is 9.78. The lowest BCUT2D eigenvalue weighted by atomic mass is 9.82. The lowest BCUT2D eigenvalue weighted by Crippen LogP contribution is -2.43. The van der Waals surface area contributed by atoms with Crippen LogP contribution in [0.4, 0.5) is 11.6 Å². The lowest BCUT2D eigenvalue weighted by Gasteiger charge is -2.32. The van der Waals surface area contributed by atoms with Gasteiger partial charge >= 0.3 is 0 Å². The number of aryl methyl sites for hydroxylation is 2. The van der Waals surface area contributed by atoms with Crippen molar-refractivity contribution in [2.45, 2.75) is 77.1 Å². The average Bonchev–Trinajstić information content (AvgIpc) is 3.43. The minimum Gasteiger partial charge on any atom is -0.381 e. The molecular weight excluding hydrogens is 532 g/mol. The fraction of sp³-hybridized carbons (Fsp3) is 0.600. The van der Waals surface area contributed by atoms with Gasteiger partial charge < -0.3 is 25.4 Å². The topological polar surface area (TPSA) is 148 Å². The molecule has 3 N–H and O–H groups in total. The number of aromatic nitrogens is 6. The van der Waals surface area contributed by atoms with E-state index in [9.17, 15) is 5.26 Å². The van der Waals surface area contributed by atoms with E-state index < -0.39 is 5.41 Å². The predicted octanol–water partition coefficient (Wildman–Crippen LogP) is 3.63. The minimum absolute atomic E-state index is 0.252. The fourth-order valence-corrected chi connectivity index (χ4v) is 5.67. The van der Waals surface area contributed by atoms with Crippen molar-refractivity contribution in [1.29, 1.82) is 5.26 Å². The van der Waals surface area contributed by atoms with Crippen LogP contribution in [0, 0.1) is 23.7 Å². The third-order valence-corrected chi connectivity index (χ3v) is 8.33. The molecule has 224 valence electrons. The van der Waals surface area contributed by atoms with Crippen LogP contribution in [0.25, 0.3) is 11.3 Å². The van der Waals surface area contributed by atoms with E-state index in [-0.39, 0.29) is 6.04 Å². The normalized spacial score (nSPS) is 20.9. The number of tetrazole rings is 1. The first-order valence-electron chi connectivity index (χ1n) is 14.9. The van der Waals surface area contributed by atoms with Gasteiger partial charge in [0.15, 0.2) is 5.82 Å². The largest absolute Gasteiger partial charge is 0.381 e. The predicted molar refractivity (Wildman–Crippen MR) is 160 cm³/mol. The van der Waals surface area contributed by atoms with Gasteiger partial charge in [-0.3, -0.25) is 0 Å². The molecule has 0 radical (unpaired) electrons. The van der Waals surface area contributed by atoms with Crippen LogP contribution in [0.1, 0.15) is 56.8 Å². The zero-order valence-electron chi connectivity index (χ0n) is 24.8. The zero-order chi connectivity index (χ0) is 29.4. The summed E-state index contributed by atoms with van der Waals surface area (Å²) in [6.45, 7) is 7.06. The second-order valence-electron chi connectivity index (χ2n) is 11.6. The van der Waals surface area contributed by atoms with Gasteiger partial charge in [0.25, 0.3) is 0 Å². The Hall–Kier alpha value is -3.66. The Kier molecular flexibility index (Phi) is 9.94. The Labute approximate surface area is 247 Å². The molecule has 42 heavy (non-hydrogen) atoms. The van der Waals surface area contributed by atoms with Crippen molar-refractivity contribution in [3.05, 3.63) is 41.9 Å². The van der Waals surface area contributed by atoms with Crippen LogP contribution in [-0.2, 0) is 23.1 Å². The van der Waals surface area contributed by atoms with E-state index in [4.69, 9.17) is 14.5 Å². The monoisotopic (exact) mass is 574 g/mol. The molecule has 0 aromatic carbocycles. The Bertz CT molecular complexity index is 1340. The van der Waals surface area contributed by atoms with Crippen molar-refractivity contribution in [2.24, 2.45) is 12.5 Å². The van der Waals surface area contributed by atoms with E-state index in [1.807, 2.05) is 31.4 Å². The number of nitrogens with one attached hydrogen (secondary N) is 3. The molecule has 3 aromatic rings. The maximum atomic E-state index is 9.78. The molecule has 2 fully saturated rings. The number of nitrogens with zero attached hydrogens (tertiary/aromatic N) is 7. The molecule has 1 aliphatic carbocycles. The summed E-state index contributed by atoms with van der Waals surface area (Å²) in [7, 11) is 1.81. The molecule has 1 aliphatic heterocycles. The summed E-state index contributed by atoms with van der Waals surface area (Å²) in [5, 5.41) is 32.0. The van der Waals surface area contributed by atoms with Gasteiger partial charge in [-0.15, -0.1) is 5.10 Å². The van der Waals surface area contributed by atoms with Crippen molar-refractivity contribution in [3.63, 3.8) is 0 Å². The summed E-state index contributed by atoms with van der Waals surface area (Å²) in [5.41, 5.74) is 2.61. The highest BCUT2D eigenvalue weighted by Crippen LogP contribution is 2.31. The van der Waals surface area contributed by atoms with Crippen molar-refractivity contribution in [2.75, 3.05) is 37.0 Å². The quantitative estimate of drug-likeness (QED) is 0.291. The van der Waals surface area contributed by atoms with Crippen molar-refractivity contribution >= 4 is 11.6 Å². The van der Waals surface area contributed by atoms with Crippen LogP contribution in [0.15, 0.2) is 30.5 Å². The summed E-state index contributed by atoms with van der Waals surface area (Å²) in [6.07, 6.45) is 7.73. The Morgan fingerprint density at radius 2 is 1.95 bits per heavy atom. The van der Waals surface area contributed by atoms with E-state index >= 15 is 0 Å². The lowest BCUT2D eigenvalue weighted by molar-refractivity contribution is 0.0455. The highest BCUT2D eigenvalue weighted by Gasteiger charge is 2.32. The molecule has 3 aromatic heterocycles. The number of rotatable bonds is 12. The molecule has 12 nitrogen and oxygen atoms in total. The summed E-state index contributed by atoms with van der Waals surface area (Å²) in [5.74, 6) is 2.37. The molecule has 0 amide bonds. The van der Waals surface area contributed by atoms with Gasteiger partial charge in [-0.25, -0.2) is 14.6 Å². The smallest absolute Gasteiger partial charge is 0.176 e. The highest BCUT2D eigenvalue weighted by molar-refractivity contribution is 5.68. The number of hydrogen-bond acceptors (Lipinski definition) is 11. The van der Waals surface area contributed by atoms with Gasteiger partial charge in [0, 0.05) is 56.7 Å². The van der Waals surface area contributed by atoms with Crippen LogP contribution < -0.4 is 16.0 Å². The number of nitriles is 1. The van der Waals surface area contributed by atoms with E-state index in [1.54, 1.807) is 4.68 Å². The van der Waals surface area contributed by atoms with Gasteiger partial charge in [-0.2, -0.15) is 5.26 Å². The number of ether oxygens (including phenoxy) is 2. The van der Waals surface area contributed by atoms with E-state index in [1.165, 1.54) is 0 Å². The number of hydrogen-bond donors (Lipinski definition) is 3. The van der Waals surface area contributed by atoms with Gasteiger partial charge in [-0.05, 0) is 86.6 Å². The maximum Gasteiger partial charge on any atom is 0.176 e. The third-order valence-electron chi connectivity index (χ3n) is 8.33. The molecule has 5 rings (SSSR count). The van der Waals surface area contributed by atoms with E-state index in [0.717, 1.165) is 72.8 Å². The first-order chi connectivity index (χ1) is 20.4. The first kappa shape index (κ1) is 29.8. The first-order valence-corrected chi connectivity index (χ1v) is 14.9. The second-order valence-corrected chi connectivity index (χ2v) is 11.6. The van der Waals surface area contributed by atoms with E-state index in [0.29, 0.717) is 45.1 Å². The number of anilines is 2. The summed E-state index contributed by atoms with van der Waals surface area (Å²) in [4.78, 5) is 9.56. The second kappa shape index (κ2) is 14.0. The van der Waals surface area contributed by atoms with Crippen LogP contribution in [0.5, 0.6) is 0 Å². The van der Waals surface area contributed by atoms with E-state index in [2.05, 4.69) is 62.4 Å². The minimum atomic E-state index is -0.407. The third kappa shape index (κ3) is 7.79. The average molecular weight is 575 g/mol. The van der Waals surface area contributed by atoms with Gasteiger partial charge in [-0.1, -0.05) is 6.07 Å². The molecule has 0 bridgehead atoms. The highest BCUT2D eigenvalue weighted by atomic mass is 16.5. The molecule has 0 unspecified atom stereocenters.